The average Bonchev–Trinajstić information content (AvgIpc) is 1.89. The monoisotopic (exact) mass is 128 g/mol. The molecule has 0 bridgehead atoms. The first kappa shape index (κ1) is 6.79. The number of hydrogen-bond acceptors (Lipinski definition) is 0. The van der Waals surface area contributed by atoms with E-state index in [1.165, 1.54) is 0 Å². The van der Waals surface area contributed by atoms with Crippen LogP contribution in [0.15, 0.2) is 12.2 Å². The summed E-state index contributed by atoms with van der Waals surface area (Å²) in [6.45, 7) is 2.05. The summed E-state index contributed by atoms with van der Waals surface area (Å²) in [4.78, 5) is 0. The molecule has 0 aromatic rings. The van der Waals surface area contributed by atoms with E-state index in [2.05, 4.69) is 6.92 Å². The fourth-order valence-corrected chi connectivity index (χ4v) is 1.28. The van der Waals surface area contributed by atoms with Gasteiger partial charge in [-0.3, -0.25) is 0 Å². The van der Waals surface area contributed by atoms with Gasteiger partial charge in [0.05, 0.1) is 0 Å². The van der Waals surface area contributed by atoms with E-state index in [1.54, 1.807) is 6.08 Å². The normalized spacial score (nSPS) is 34.9. The van der Waals surface area contributed by atoms with Gasteiger partial charge in [0.1, 0.15) is 6.17 Å². The van der Waals surface area contributed by atoms with Gasteiger partial charge in [-0.2, -0.15) is 0 Å². The molecule has 52 valence electrons. The summed E-state index contributed by atoms with van der Waals surface area (Å²) in [5.74, 6) is 0.301. The molecular formula is C8H13F. The van der Waals surface area contributed by atoms with Crippen LogP contribution in [0.5, 0.6) is 0 Å². The number of halogens is 1. The Morgan fingerprint density at radius 1 is 1.67 bits per heavy atom. The second kappa shape index (κ2) is 3.00. The Kier molecular flexibility index (Phi) is 2.26. The molecule has 0 saturated carbocycles. The highest BCUT2D eigenvalue weighted by Gasteiger charge is 2.17. The van der Waals surface area contributed by atoms with Crippen LogP contribution in [0.2, 0.25) is 0 Å². The third kappa shape index (κ3) is 1.54. The van der Waals surface area contributed by atoms with Crippen molar-refractivity contribution in [2.45, 2.75) is 32.4 Å². The maximum absolute atomic E-state index is 12.8. The van der Waals surface area contributed by atoms with Crippen molar-refractivity contribution in [3.05, 3.63) is 12.2 Å². The van der Waals surface area contributed by atoms with Gasteiger partial charge in [-0.1, -0.05) is 25.5 Å². The average molecular weight is 128 g/mol. The van der Waals surface area contributed by atoms with Crippen molar-refractivity contribution in [1.82, 2.24) is 0 Å². The van der Waals surface area contributed by atoms with E-state index in [1.807, 2.05) is 6.08 Å². The van der Waals surface area contributed by atoms with Crippen molar-refractivity contribution < 1.29 is 4.39 Å². The zero-order valence-corrected chi connectivity index (χ0v) is 5.81. The van der Waals surface area contributed by atoms with Crippen molar-refractivity contribution in [2.75, 3.05) is 0 Å². The predicted octanol–water partition coefficient (Wildman–Crippen LogP) is 2.70. The summed E-state index contributed by atoms with van der Waals surface area (Å²) in [6, 6.07) is 0. The van der Waals surface area contributed by atoms with Crippen LogP contribution < -0.4 is 0 Å². The molecule has 0 radical (unpaired) electrons. The van der Waals surface area contributed by atoms with Crippen molar-refractivity contribution in [3.63, 3.8) is 0 Å². The largest absolute Gasteiger partial charge is 0.243 e. The van der Waals surface area contributed by atoms with Crippen LogP contribution in [0.3, 0.4) is 0 Å². The smallest absolute Gasteiger partial charge is 0.121 e. The molecule has 0 saturated heterocycles. The Morgan fingerprint density at radius 2 is 2.44 bits per heavy atom. The molecule has 2 unspecified atom stereocenters. The Bertz CT molecular complexity index is 107. The van der Waals surface area contributed by atoms with Gasteiger partial charge in [-0.15, -0.1) is 0 Å². The van der Waals surface area contributed by atoms with Gasteiger partial charge >= 0.3 is 0 Å². The lowest BCUT2D eigenvalue weighted by Gasteiger charge is -2.19. The Morgan fingerprint density at radius 3 is 2.89 bits per heavy atom. The van der Waals surface area contributed by atoms with Crippen LogP contribution in [-0.2, 0) is 0 Å². The molecule has 1 heteroatoms. The molecule has 0 aromatic heterocycles. The number of rotatable bonds is 1. The van der Waals surface area contributed by atoms with Crippen LogP contribution in [-0.4, -0.2) is 6.17 Å². The molecule has 0 N–H and O–H groups in total. The van der Waals surface area contributed by atoms with Gasteiger partial charge in [0.25, 0.3) is 0 Å². The van der Waals surface area contributed by atoms with Crippen LogP contribution in [0.1, 0.15) is 26.2 Å². The first-order chi connectivity index (χ1) is 4.34. The predicted molar refractivity (Wildman–Crippen MR) is 37.1 cm³/mol. The standard InChI is InChI=1S/C8H13F/c1-2-7-5-3-4-6-8(7)9/h4,6-8H,2-3,5H2,1H3. The Labute approximate surface area is 55.8 Å². The molecule has 1 aliphatic carbocycles. The second-order valence-corrected chi connectivity index (χ2v) is 2.62. The maximum atomic E-state index is 12.8. The van der Waals surface area contributed by atoms with E-state index < -0.39 is 6.17 Å². The third-order valence-electron chi connectivity index (χ3n) is 2.00. The zero-order chi connectivity index (χ0) is 6.69. The zero-order valence-electron chi connectivity index (χ0n) is 5.81. The van der Waals surface area contributed by atoms with Crippen molar-refractivity contribution in [3.8, 4) is 0 Å². The summed E-state index contributed by atoms with van der Waals surface area (Å²) in [7, 11) is 0. The fourth-order valence-electron chi connectivity index (χ4n) is 1.28. The molecular weight excluding hydrogens is 115 g/mol. The van der Waals surface area contributed by atoms with E-state index >= 15 is 0 Å². The van der Waals surface area contributed by atoms with Crippen molar-refractivity contribution >= 4 is 0 Å². The topological polar surface area (TPSA) is 0 Å². The van der Waals surface area contributed by atoms with E-state index in [-0.39, 0.29) is 0 Å². The van der Waals surface area contributed by atoms with E-state index in [9.17, 15) is 4.39 Å². The first-order valence-electron chi connectivity index (χ1n) is 3.65. The van der Waals surface area contributed by atoms with E-state index in [0.29, 0.717) is 5.92 Å². The van der Waals surface area contributed by atoms with Gasteiger partial charge < -0.3 is 0 Å². The first-order valence-corrected chi connectivity index (χ1v) is 3.65. The van der Waals surface area contributed by atoms with E-state index in [4.69, 9.17) is 0 Å². The Balaban J connectivity index is 2.44. The van der Waals surface area contributed by atoms with Crippen LogP contribution in [0.25, 0.3) is 0 Å². The highest BCUT2D eigenvalue weighted by Crippen LogP contribution is 2.23. The molecule has 0 heterocycles. The minimum Gasteiger partial charge on any atom is -0.243 e. The number of alkyl halides is 1. The van der Waals surface area contributed by atoms with Gasteiger partial charge in [0.15, 0.2) is 0 Å². The summed E-state index contributed by atoms with van der Waals surface area (Å²) < 4.78 is 12.8. The van der Waals surface area contributed by atoms with E-state index in [0.717, 1.165) is 19.3 Å². The summed E-state index contributed by atoms with van der Waals surface area (Å²) in [5.41, 5.74) is 0. The molecule has 0 amide bonds. The molecule has 0 nitrogen and oxygen atoms in total. The number of allylic oxidation sites excluding steroid dienone is 2. The van der Waals surface area contributed by atoms with Crippen molar-refractivity contribution in [1.29, 1.82) is 0 Å². The molecule has 9 heavy (non-hydrogen) atoms. The third-order valence-corrected chi connectivity index (χ3v) is 2.00. The molecule has 0 fully saturated rings. The lowest BCUT2D eigenvalue weighted by Crippen LogP contribution is -2.15. The van der Waals surface area contributed by atoms with Crippen LogP contribution in [0, 0.1) is 5.92 Å². The lowest BCUT2D eigenvalue weighted by molar-refractivity contribution is 0.251. The number of hydrogen-bond donors (Lipinski definition) is 0. The SMILES string of the molecule is CCC1CCC=CC1F. The minimum atomic E-state index is -0.663. The van der Waals surface area contributed by atoms with Crippen LogP contribution >= 0.6 is 0 Å². The van der Waals surface area contributed by atoms with Gasteiger partial charge in [0.2, 0.25) is 0 Å². The second-order valence-electron chi connectivity index (χ2n) is 2.62. The summed E-state index contributed by atoms with van der Waals surface area (Å²) in [6.07, 6.45) is 6.05. The van der Waals surface area contributed by atoms with Crippen molar-refractivity contribution in [2.24, 2.45) is 5.92 Å². The molecule has 1 aliphatic rings. The Hall–Kier alpha value is -0.330. The molecule has 0 spiro atoms. The molecule has 2 atom stereocenters. The molecule has 0 aromatic carbocycles. The van der Waals surface area contributed by atoms with Gasteiger partial charge in [0, 0.05) is 0 Å². The lowest BCUT2D eigenvalue weighted by atomic mass is 9.91. The molecule has 1 rings (SSSR count). The quantitative estimate of drug-likeness (QED) is 0.476. The minimum absolute atomic E-state index is 0.301. The summed E-state index contributed by atoms with van der Waals surface area (Å²) in [5, 5.41) is 0. The highest BCUT2D eigenvalue weighted by atomic mass is 19.1. The van der Waals surface area contributed by atoms with Gasteiger partial charge in [-0.25, -0.2) is 4.39 Å². The molecule has 0 aliphatic heterocycles. The van der Waals surface area contributed by atoms with Crippen LogP contribution in [0.4, 0.5) is 4.39 Å². The maximum Gasteiger partial charge on any atom is 0.121 e. The fraction of sp³-hybridized carbons (Fsp3) is 0.750. The highest BCUT2D eigenvalue weighted by molar-refractivity contribution is 4.97. The van der Waals surface area contributed by atoms with Gasteiger partial charge in [-0.05, 0) is 18.8 Å². The summed E-state index contributed by atoms with van der Waals surface area (Å²) >= 11 is 0.